The van der Waals surface area contributed by atoms with Crippen LogP contribution in [0.4, 0.5) is 4.79 Å². The lowest BCUT2D eigenvalue weighted by Gasteiger charge is -2.17. The number of fused-ring (bicyclic) bond motifs is 2. The van der Waals surface area contributed by atoms with Gasteiger partial charge in [-0.1, -0.05) is 17.2 Å². The molecule has 3 atom stereocenters. The summed E-state index contributed by atoms with van der Waals surface area (Å²) < 4.78 is 0. The van der Waals surface area contributed by atoms with Crippen molar-refractivity contribution in [2.45, 2.75) is 31.8 Å². The minimum absolute atomic E-state index is 0.0458. The van der Waals surface area contributed by atoms with Crippen LogP contribution in [0.5, 0.6) is 0 Å². The lowest BCUT2D eigenvalue weighted by atomic mass is 10.1. The number of nitrogens with zero attached hydrogens (tertiary/aromatic N) is 1. The van der Waals surface area contributed by atoms with Gasteiger partial charge in [0.2, 0.25) is 0 Å². The van der Waals surface area contributed by atoms with Gasteiger partial charge in [0.25, 0.3) is 11.8 Å². The van der Waals surface area contributed by atoms with Gasteiger partial charge in [-0.25, -0.2) is 0 Å². The zero-order chi connectivity index (χ0) is 13.4. The Kier molecular flexibility index (Phi) is 2.98. The average molecular weight is 267 g/mol. The van der Waals surface area contributed by atoms with Crippen LogP contribution in [-0.2, 0) is 24.2 Å². The molecule has 1 saturated carbocycles. The summed E-state index contributed by atoms with van der Waals surface area (Å²) >= 11 is 0. The van der Waals surface area contributed by atoms with Gasteiger partial charge >= 0.3 is 6.16 Å². The highest BCUT2D eigenvalue weighted by Gasteiger charge is 2.39. The second-order valence-corrected chi connectivity index (χ2v) is 4.92. The van der Waals surface area contributed by atoms with Crippen molar-refractivity contribution in [1.29, 1.82) is 0 Å². The summed E-state index contributed by atoms with van der Waals surface area (Å²) in [4.78, 5) is 47.7. The third kappa shape index (κ3) is 2.33. The first-order valence-corrected chi connectivity index (χ1v) is 6.23. The summed E-state index contributed by atoms with van der Waals surface area (Å²) in [5.41, 5.74) is 0. The number of hydrogen-bond acceptors (Lipinski definition) is 6. The Labute approximate surface area is 109 Å². The van der Waals surface area contributed by atoms with Crippen molar-refractivity contribution in [2.75, 3.05) is 0 Å². The molecule has 7 nitrogen and oxygen atoms in total. The smallest absolute Gasteiger partial charge is 0.293 e. The summed E-state index contributed by atoms with van der Waals surface area (Å²) in [6, 6.07) is 0. The summed E-state index contributed by atoms with van der Waals surface area (Å²) in [5.74, 6) is -0.362. The molecule has 0 aromatic carbocycles. The molecule has 0 N–H and O–H groups in total. The number of carbonyl (C=O) groups excluding carboxylic acids is 3. The van der Waals surface area contributed by atoms with E-state index < -0.39 is 18.0 Å². The molecule has 102 valence electrons. The van der Waals surface area contributed by atoms with Crippen molar-refractivity contribution < 1.29 is 29.0 Å². The van der Waals surface area contributed by atoms with Gasteiger partial charge in [-0.15, -0.1) is 0 Å². The molecule has 1 saturated heterocycles. The Balaban J connectivity index is 1.46. The third-order valence-electron chi connectivity index (χ3n) is 3.63. The predicted octanol–water partition coefficient (Wildman–Crippen LogP) is 1.10. The molecule has 1 unspecified atom stereocenters. The maximum Gasteiger partial charge on any atom is 0.566 e. The predicted molar refractivity (Wildman–Crippen MR) is 58.9 cm³/mol. The lowest BCUT2D eigenvalue weighted by Crippen LogP contribution is -2.33. The summed E-state index contributed by atoms with van der Waals surface area (Å²) in [6.07, 6.45) is 4.70. The van der Waals surface area contributed by atoms with Crippen LogP contribution in [0.2, 0.25) is 0 Å². The normalized spacial score (nSPS) is 32.2. The van der Waals surface area contributed by atoms with Gasteiger partial charge in [0.15, 0.2) is 0 Å². The van der Waals surface area contributed by atoms with Crippen LogP contribution in [0.15, 0.2) is 12.2 Å². The molecular formula is C12H13NO6. The maximum atomic E-state index is 11.3. The molecule has 0 spiro atoms. The second kappa shape index (κ2) is 4.65. The van der Waals surface area contributed by atoms with Crippen LogP contribution < -0.4 is 0 Å². The van der Waals surface area contributed by atoms with E-state index in [1.807, 2.05) is 6.08 Å². The van der Waals surface area contributed by atoms with E-state index in [0.717, 1.165) is 12.8 Å². The maximum absolute atomic E-state index is 11.3. The molecule has 7 heteroatoms. The first-order valence-electron chi connectivity index (χ1n) is 6.23. The zero-order valence-corrected chi connectivity index (χ0v) is 10.1. The van der Waals surface area contributed by atoms with Gasteiger partial charge in [-0.05, 0) is 18.8 Å². The van der Waals surface area contributed by atoms with Crippen molar-refractivity contribution in [2.24, 2.45) is 11.8 Å². The molecule has 2 bridgehead atoms. The molecule has 19 heavy (non-hydrogen) atoms. The van der Waals surface area contributed by atoms with Gasteiger partial charge in [0.1, 0.15) is 6.10 Å². The number of rotatable bonds is 3. The molecule has 0 radical (unpaired) electrons. The van der Waals surface area contributed by atoms with Crippen molar-refractivity contribution in [3.63, 3.8) is 0 Å². The van der Waals surface area contributed by atoms with Crippen molar-refractivity contribution in [1.82, 2.24) is 5.06 Å². The molecule has 3 rings (SSSR count). The number of hydrogen-bond donors (Lipinski definition) is 0. The second-order valence-electron chi connectivity index (χ2n) is 4.92. The summed E-state index contributed by atoms with van der Waals surface area (Å²) in [6.45, 7) is 0. The van der Waals surface area contributed by atoms with Crippen LogP contribution in [0.25, 0.3) is 0 Å². The molecule has 1 aliphatic heterocycles. The van der Waals surface area contributed by atoms with Crippen molar-refractivity contribution >= 4 is 18.0 Å². The van der Waals surface area contributed by atoms with E-state index in [0.29, 0.717) is 11.0 Å². The Morgan fingerprint density at radius 3 is 2.47 bits per heavy atom. The molecule has 2 aliphatic carbocycles. The largest absolute Gasteiger partial charge is 0.566 e. The van der Waals surface area contributed by atoms with Crippen LogP contribution in [0, 0.1) is 11.8 Å². The number of allylic oxidation sites excluding steroid dienone is 1. The standard InChI is InChI=1S/C12H13NO6/c14-10-3-4-11(15)13(10)17-12(16)19-18-9-6-7-1-2-8(9)5-7/h1-2,7-9H,3-6H2/t7-,8+,9?/m1/s1. The summed E-state index contributed by atoms with van der Waals surface area (Å²) in [5, 5.41) is 0.423. The molecule has 2 amide bonds. The Bertz CT molecular complexity index is 443. The molecule has 3 aliphatic rings. The quantitative estimate of drug-likeness (QED) is 0.329. The molecule has 2 fully saturated rings. The van der Waals surface area contributed by atoms with E-state index in [-0.39, 0.29) is 24.9 Å². The first kappa shape index (κ1) is 12.2. The summed E-state index contributed by atoms with van der Waals surface area (Å²) in [7, 11) is 0. The van der Waals surface area contributed by atoms with E-state index >= 15 is 0 Å². The minimum atomic E-state index is -1.20. The van der Waals surface area contributed by atoms with E-state index in [9.17, 15) is 14.4 Å². The van der Waals surface area contributed by atoms with Crippen LogP contribution >= 0.6 is 0 Å². The highest BCUT2D eigenvalue weighted by atomic mass is 17.2. The van der Waals surface area contributed by atoms with E-state index in [2.05, 4.69) is 15.8 Å². The molecule has 0 aromatic heterocycles. The molecular weight excluding hydrogens is 254 g/mol. The zero-order valence-electron chi connectivity index (χ0n) is 10.1. The van der Waals surface area contributed by atoms with Gasteiger partial charge in [-0.3, -0.25) is 19.3 Å². The Morgan fingerprint density at radius 1 is 1.16 bits per heavy atom. The van der Waals surface area contributed by atoms with Crippen LogP contribution in [0.3, 0.4) is 0 Å². The first-order chi connectivity index (χ1) is 9.13. The van der Waals surface area contributed by atoms with Crippen LogP contribution in [-0.4, -0.2) is 29.1 Å². The number of imide groups is 1. The monoisotopic (exact) mass is 267 g/mol. The highest BCUT2D eigenvalue weighted by Crippen LogP contribution is 2.40. The number of amides is 2. The third-order valence-corrected chi connectivity index (χ3v) is 3.63. The van der Waals surface area contributed by atoms with E-state index in [1.165, 1.54) is 0 Å². The van der Waals surface area contributed by atoms with E-state index in [1.54, 1.807) is 0 Å². The topological polar surface area (TPSA) is 82.1 Å². The van der Waals surface area contributed by atoms with Gasteiger partial charge < -0.3 is 0 Å². The number of carbonyl (C=O) groups is 3. The fraction of sp³-hybridized carbons (Fsp3) is 0.583. The number of hydroxylamine groups is 2. The molecule has 0 aromatic rings. The van der Waals surface area contributed by atoms with E-state index in [4.69, 9.17) is 4.89 Å². The van der Waals surface area contributed by atoms with Crippen LogP contribution in [0.1, 0.15) is 25.7 Å². The van der Waals surface area contributed by atoms with Crippen molar-refractivity contribution in [3.05, 3.63) is 12.2 Å². The highest BCUT2D eigenvalue weighted by molar-refractivity contribution is 6.01. The Hall–Kier alpha value is -1.89. The fourth-order valence-electron chi connectivity index (χ4n) is 2.69. The average Bonchev–Trinajstić information content (AvgIpc) is 3.08. The minimum Gasteiger partial charge on any atom is -0.293 e. The SMILES string of the molecule is O=C(OOC1C[C@@H]2C=C[C@H]1C2)ON1C(=O)CCC1=O. The lowest BCUT2D eigenvalue weighted by molar-refractivity contribution is -0.301. The fourth-order valence-corrected chi connectivity index (χ4v) is 2.69. The van der Waals surface area contributed by atoms with Gasteiger partial charge in [0, 0.05) is 18.8 Å². The molecule has 1 heterocycles. The Morgan fingerprint density at radius 2 is 1.89 bits per heavy atom. The van der Waals surface area contributed by atoms with Gasteiger partial charge in [0.05, 0.1) is 0 Å². The van der Waals surface area contributed by atoms with Crippen molar-refractivity contribution in [3.8, 4) is 0 Å². The van der Waals surface area contributed by atoms with Gasteiger partial charge in [-0.2, -0.15) is 9.68 Å².